The van der Waals surface area contributed by atoms with Gasteiger partial charge < -0.3 is 16.0 Å². The molecule has 0 aliphatic heterocycles. The van der Waals surface area contributed by atoms with Crippen LogP contribution in [0.25, 0.3) is 0 Å². The molecule has 0 aliphatic rings. The number of aromatic amines is 1. The van der Waals surface area contributed by atoms with E-state index in [1.165, 1.54) is 0 Å². The van der Waals surface area contributed by atoms with Crippen LogP contribution in [0.5, 0.6) is 0 Å². The minimum Gasteiger partial charge on any atom is -0.365 e. The zero-order valence-corrected chi connectivity index (χ0v) is 9.12. The second-order valence-corrected chi connectivity index (χ2v) is 3.81. The van der Waals surface area contributed by atoms with E-state index in [-0.39, 0.29) is 11.9 Å². The van der Waals surface area contributed by atoms with E-state index < -0.39 is 0 Å². The van der Waals surface area contributed by atoms with Crippen LogP contribution in [0.4, 0.5) is 0 Å². The lowest BCUT2D eigenvalue weighted by atomic mass is 10.2. The zero-order valence-electron chi connectivity index (χ0n) is 9.12. The summed E-state index contributed by atoms with van der Waals surface area (Å²) in [5.74, 6) is 0.0823. The van der Waals surface area contributed by atoms with Crippen LogP contribution in [0.15, 0.2) is 18.3 Å². The first-order chi connectivity index (χ1) is 7.18. The molecule has 0 saturated carbocycles. The number of carbonyl (C=O) groups is 1. The molecule has 1 heterocycles. The molecule has 0 fully saturated rings. The Hall–Kier alpha value is -1.29. The van der Waals surface area contributed by atoms with Gasteiger partial charge in [0.2, 0.25) is 5.91 Å². The summed E-state index contributed by atoms with van der Waals surface area (Å²) in [7, 11) is 0. The van der Waals surface area contributed by atoms with Crippen molar-refractivity contribution in [2.75, 3.05) is 6.54 Å². The van der Waals surface area contributed by atoms with Crippen LogP contribution >= 0.6 is 0 Å². The molecular formula is C11H19N3O. The molecule has 1 atom stereocenters. The van der Waals surface area contributed by atoms with Gasteiger partial charge in [-0.1, -0.05) is 0 Å². The number of rotatable bonds is 6. The Labute approximate surface area is 90.2 Å². The highest BCUT2D eigenvalue weighted by atomic mass is 16.1. The van der Waals surface area contributed by atoms with E-state index >= 15 is 0 Å². The summed E-state index contributed by atoms with van der Waals surface area (Å²) in [6.07, 6.45) is 3.99. The van der Waals surface area contributed by atoms with Crippen LogP contribution in [-0.4, -0.2) is 23.5 Å². The van der Waals surface area contributed by atoms with Crippen LogP contribution in [0.3, 0.4) is 0 Å². The Balaban J connectivity index is 2.07. The lowest BCUT2D eigenvalue weighted by Gasteiger charge is -2.06. The Bertz CT molecular complexity index is 280. The van der Waals surface area contributed by atoms with Gasteiger partial charge >= 0.3 is 0 Å². The lowest BCUT2D eigenvalue weighted by molar-refractivity contribution is -0.121. The molecule has 0 aromatic carbocycles. The average molecular weight is 209 g/mol. The quantitative estimate of drug-likeness (QED) is 0.648. The highest BCUT2D eigenvalue weighted by Gasteiger charge is 2.02. The molecule has 0 aliphatic carbocycles. The number of hydrogen-bond acceptors (Lipinski definition) is 2. The van der Waals surface area contributed by atoms with Gasteiger partial charge in [0.25, 0.3) is 0 Å². The predicted octanol–water partition coefficient (Wildman–Crippen LogP) is 0.801. The molecule has 84 valence electrons. The summed E-state index contributed by atoms with van der Waals surface area (Å²) in [4.78, 5) is 14.4. The van der Waals surface area contributed by atoms with E-state index in [0.717, 1.165) is 18.5 Å². The van der Waals surface area contributed by atoms with Crippen LogP contribution in [-0.2, 0) is 11.2 Å². The van der Waals surface area contributed by atoms with Gasteiger partial charge in [0.15, 0.2) is 0 Å². The SMILES string of the molecule is CC(N)CCC(=O)NCCc1ccc[nH]1. The summed E-state index contributed by atoms with van der Waals surface area (Å²) in [5.41, 5.74) is 6.70. The molecule has 1 amide bonds. The maximum absolute atomic E-state index is 11.3. The summed E-state index contributed by atoms with van der Waals surface area (Å²) in [6.45, 7) is 2.59. The number of H-pyrrole nitrogens is 1. The lowest BCUT2D eigenvalue weighted by Crippen LogP contribution is -2.27. The van der Waals surface area contributed by atoms with Gasteiger partial charge in [0.1, 0.15) is 0 Å². The van der Waals surface area contributed by atoms with Gasteiger partial charge in [-0.2, -0.15) is 0 Å². The van der Waals surface area contributed by atoms with Crippen molar-refractivity contribution in [2.24, 2.45) is 5.73 Å². The Morgan fingerprint density at radius 2 is 2.47 bits per heavy atom. The fraction of sp³-hybridized carbons (Fsp3) is 0.545. The molecule has 4 nitrogen and oxygen atoms in total. The second-order valence-electron chi connectivity index (χ2n) is 3.81. The summed E-state index contributed by atoms with van der Waals surface area (Å²) < 4.78 is 0. The minimum absolute atomic E-state index is 0.0823. The van der Waals surface area contributed by atoms with Gasteiger partial charge in [-0.05, 0) is 25.5 Å². The van der Waals surface area contributed by atoms with Crippen LogP contribution in [0.1, 0.15) is 25.5 Å². The number of carbonyl (C=O) groups excluding carboxylic acids is 1. The second kappa shape index (κ2) is 6.24. The molecule has 15 heavy (non-hydrogen) atoms. The third-order valence-corrected chi connectivity index (χ3v) is 2.21. The molecule has 4 N–H and O–H groups in total. The van der Waals surface area contributed by atoms with Gasteiger partial charge in [-0.25, -0.2) is 0 Å². The third kappa shape index (κ3) is 5.22. The van der Waals surface area contributed by atoms with Crippen molar-refractivity contribution in [2.45, 2.75) is 32.2 Å². The maximum atomic E-state index is 11.3. The van der Waals surface area contributed by atoms with E-state index in [1.54, 1.807) is 0 Å². The largest absolute Gasteiger partial charge is 0.365 e. The van der Waals surface area contributed by atoms with Crippen LogP contribution in [0, 0.1) is 0 Å². The highest BCUT2D eigenvalue weighted by molar-refractivity contribution is 5.75. The van der Waals surface area contributed by atoms with Crippen molar-refractivity contribution in [3.05, 3.63) is 24.0 Å². The number of amides is 1. The smallest absolute Gasteiger partial charge is 0.220 e. The first kappa shape index (κ1) is 11.8. The zero-order chi connectivity index (χ0) is 11.1. The molecule has 0 radical (unpaired) electrons. The van der Waals surface area contributed by atoms with Crippen LogP contribution in [0.2, 0.25) is 0 Å². The minimum atomic E-state index is 0.0823. The van der Waals surface area contributed by atoms with Gasteiger partial charge in [0.05, 0.1) is 0 Å². The van der Waals surface area contributed by atoms with Crippen molar-refractivity contribution in [3.63, 3.8) is 0 Å². The van der Waals surface area contributed by atoms with E-state index in [0.29, 0.717) is 13.0 Å². The summed E-state index contributed by atoms with van der Waals surface area (Å²) in [5, 5.41) is 2.86. The monoisotopic (exact) mass is 209 g/mol. The van der Waals surface area contributed by atoms with E-state index in [1.807, 2.05) is 25.3 Å². The third-order valence-electron chi connectivity index (χ3n) is 2.21. The van der Waals surface area contributed by atoms with Crippen molar-refractivity contribution in [1.29, 1.82) is 0 Å². The molecule has 1 rings (SSSR count). The fourth-order valence-corrected chi connectivity index (χ4v) is 1.31. The Morgan fingerprint density at radius 3 is 3.07 bits per heavy atom. The predicted molar refractivity (Wildman–Crippen MR) is 60.4 cm³/mol. The first-order valence-corrected chi connectivity index (χ1v) is 5.33. The van der Waals surface area contributed by atoms with Gasteiger partial charge in [0, 0.05) is 37.3 Å². The molecular weight excluding hydrogens is 190 g/mol. The molecule has 1 aromatic rings. The highest BCUT2D eigenvalue weighted by Crippen LogP contribution is 1.95. The van der Waals surface area contributed by atoms with E-state index in [2.05, 4.69) is 10.3 Å². The van der Waals surface area contributed by atoms with Crippen molar-refractivity contribution >= 4 is 5.91 Å². The van der Waals surface area contributed by atoms with Crippen LogP contribution < -0.4 is 11.1 Å². The Kier molecular flexibility index (Phi) is 4.90. The van der Waals surface area contributed by atoms with Crippen molar-refractivity contribution < 1.29 is 4.79 Å². The molecule has 0 spiro atoms. The number of nitrogens with two attached hydrogens (primary N) is 1. The first-order valence-electron chi connectivity index (χ1n) is 5.33. The number of nitrogens with one attached hydrogen (secondary N) is 2. The topological polar surface area (TPSA) is 70.9 Å². The number of hydrogen-bond donors (Lipinski definition) is 3. The molecule has 1 unspecified atom stereocenters. The average Bonchev–Trinajstić information content (AvgIpc) is 2.67. The molecule has 4 heteroatoms. The number of aromatic nitrogens is 1. The molecule has 1 aromatic heterocycles. The van der Waals surface area contributed by atoms with E-state index in [9.17, 15) is 4.79 Å². The van der Waals surface area contributed by atoms with Crippen molar-refractivity contribution in [1.82, 2.24) is 10.3 Å². The maximum Gasteiger partial charge on any atom is 0.220 e. The van der Waals surface area contributed by atoms with Gasteiger partial charge in [-0.3, -0.25) is 4.79 Å². The van der Waals surface area contributed by atoms with Gasteiger partial charge in [-0.15, -0.1) is 0 Å². The normalized spacial score (nSPS) is 12.4. The fourth-order valence-electron chi connectivity index (χ4n) is 1.31. The molecule has 0 bridgehead atoms. The van der Waals surface area contributed by atoms with Crippen molar-refractivity contribution in [3.8, 4) is 0 Å². The summed E-state index contributed by atoms with van der Waals surface area (Å²) >= 11 is 0. The van der Waals surface area contributed by atoms with E-state index in [4.69, 9.17) is 5.73 Å². The summed E-state index contributed by atoms with van der Waals surface area (Å²) in [6, 6.07) is 4.06. The standard InChI is InChI=1S/C11H19N3O/c1-9(12)4-5-11(15)14-8-6-10-3-2-7-13-10/h2-3,7,9,13H,4-6,8,12H2,1H3,(H,14,15). The molecule has 0 saturated heterocycles. The Morgan fingerprint density at radius 1 is 1.67 bits per heavy atom.